The van der Waals surface area contributed by atoms with Crippen molar-refractivity contribution in [2.45, 2.75) is 0 Å². The van der Waals surface area contributed by atoms with Gasteiger partial charge in [-0.15, -0.1) is 11.3 Å². The molecule has 3 rings (SSSR count). The number of ether oxygens (including phenoxy) is 1. The molecule has 2 heterocycles. The molecule has 0 bridgehead atoms. The minimum absolute atomic E-state index is 0.00959. The molecule has 1 aliphatic rings. The molecule has 6 heteroatoms. The number of fused-ring (bicyclic) bond motifs is 1. The first-order valence-electron chi connectivity index (χ1n) is 7.67. The van der Waals surface area contributed by atoms with E-state index >= 15 is 0 Å². The molecule has 0 radical (unpaired) electrons. The third-order valence-corrected chi connectivity index (χ3v) is 4.76. The molecule has 23 heavy (non-hydrogen) atoms. The van der Waals surface area contributed by atoms with Crippen LogP contribution >= 0.6 is 11.3 Å². The Hall–Kier alpha value is -2.05. The number of para-hydroxylation sites is 2. The van der Waals surface area contributed by atoms with Crippen molar-refractivity contribution in [3.8, 4) is 5.75 Å². The molecule has 0 unspecified atom stereocenters. The third-order valence-electron chi connectivity index (χ3n) is 3.65. The van der Waals surface area contributed by atoms with Gasteiger partial charge >= 0.3 is 0 Å². The Bertz CT molecular complexity index is 684. The summed E-state index contributed by atoms with van der Waals surface area (Å²) in [5.41, 5.74) is 1.06. The van der Waals surface area contributed by atoms with Crippen LogP contribution in [-0.2, 0) is 0 Å². The molecule has 2 aromatic rings. The highest BCUT2D eigenvalue weighted by atomic mass is 32.1. The zero-order valence-corrected chi connectivity index (χ0v) is 14.2. The lowest BCUT2D eigenvalue weighted by atomic mass is 10.2. The molecular formula is C17H21N3O2S. The van der Waals surface area contributed by atoms with Crippen molar-refractivity contribution in [2.24, 2.45) is 0 Å². The van der Waals surface area contributed by atoms with Crippen LogP contribution in [0.1, 0.15) is 9.67 Å². The van der Waals surface area contributed by atoms with E-state index in [1.807, 2.05) is 55.4 Å². The van der Waals surface area contributed by atoms with Crippen molar-refractivity contribution in [1.82, 2.24) is 10.2 Å². The third kappa shape index (κ3) is 3.65. The van der Waals surface area contributed by atoms with E-state index in [1.165, 1.54) is 11.3 Å². The van der Waals surface area contributed by atoms with Crippen LogP contribution in [0.2, 0.25) is 0 Å². The standard InChI is InChI=1S/C17H21N3O2S/c1-19(2)10-9-18-17(21)15-7-8-16(23-15)20-11-12-22-14-6-4-3-5-13(14)20/h3-8H,9-12H2,1-2H3,(H,18,21). The summed E-state index contributed by atoms with van der Waals surface area (Å²) in [5.74, 6) is 0.883. The highest BCUT2D eigenvalue weighted by molar-refractivity contribution is 7.18. The monoisotopic (exact) mass is 331 g/mol. The van der Waals surface area contributed by atoms with Crippen LogP contribution in [0.5, 0.6) is 5.75 Å². The van der Waals surface area contributed by atoms with Crippen molar-refractivity contribution in [3.63, 3.8) is 0 Å². The van der Waals surface area contributed by atoms with E-state index < -0.39 is 0 Å². The molecule has 0 saturated carbocycles. The summed E-state index contributed by atoms with van der Waals surface area (Å²) in [4.78, 5) is 17.2. The molecule has 1 amide bonds. The van der Waals surface area contributed by atoms with Crippen LogP contribution < -0.4 is 15.0 Å². The Kier molecular flexibility index (Phi) is 4.83. The molecule has 122 valence electrons. The first kappa shape index (κ1) is 15.8. The summed E-state index contributed by atoms with van der Waals surface area (Å²) < 4.78 is 5.68. The number of hydrogen-bond donors (Lipinski definition) is 1. The molecule has 1 aromatic carbocycles. The summed E-state index contributed by atoms with van der Waals surface area (Å²) in [6, 6.07) is 11.9. The molecule has 0 aliphatic carbocycles. The van der Waals surface area contributed by atoms with Gasteiger partial charge in [0.2, 0.25) is 0 Å². The van der Waals surface area contributed by atoms with Gasteiger partial charge in [0.25, 0.3) is 5.91 Å². The first-order valence-corrected chi connectivity index (χ1v) is 8.49. The van der Waals surface area contributed by atoms with E-state index in [4.69, 9.17) is 4.74 Å². The van der Waals surface area contributed by atoms with E-state index in [1.54, 1.807) is 0 Å². The topological polar surface area (TPSA) is 44.8 Å². The van der Waals surface area contributed by atoms with Crippen LogP contribution in [0.15, 0.2) is 36.4 Å². The van der Waals surface area contributed by atoms with E-state index in [9.17, 15) is 4.79 Å². The molecule has 1 N–H and O–H groups in total. The Morgan fingerprint density at radius 2 is 2.13 bits per heavy atom. The average molecular weight is 331 g/mol. The lowest BCUT2D eigenvalue weighted by molar-refractivity contribution is 0.0955. The lowest BCUT2D eigenvalue weighted by Gasteiger charge is -2.29. The Morgan fingerprint density at radius 1 is 1.30 bits per heavy atom. The molecule has 5 nitrogen and oxygen atoms in total. The number of nitrogens with one attached hydrogen (secondary N) is 1. The minimum atomic E-state index is -0.00959. The number of amides is 1. The van der Waals surface area contributed by atoms with Crippen molar-refractivity contribution < 1.29 is 9.53 Å². The second kappa shape index (κ2) is 7.02. The highest BCUT2D eigenvalue weighted by Crippen LogP contribution is 2.39. The highest BCUT2D eigenvalue weighted by Gasteiger charge is 2.21. The Labute approximate surface area is 140 Å². The van der Waals surface area contributed by atoms with Crippen LogP contribution in [0.3, 0.4) is 0 Å². The number of anilines is 2. The normalized spacial score (nSPS) is 13.6. The second-order valence-corrected chi connectivity index (χ2v) is 6.73. The summed E-state index contributed by atoms with van der Waals surface area (Å²) in [7, 11) is 3.98. The maximum atomic E-state index is 12.2. The number of hydrogen-bond acceptors (Lipinski definition) is 5. The van der Waals surface area contributed by atoms with Crippen molar-refractivity contribution in [2.75, 3.05) is 45.2 Å². The van der Waals surface area contributed by atoms with Crippen molar-refractivity contribution in [3.05, 3.63) is 41.3 Å². The summed E-state index contributed by atoms with van der Waals surface area (Å²) in [5, 5.41) is 4.02. The van der Waals surface area contributed by atoms with E-state index in [-0.39, 0.29) is 5.91 Å². The van der Waals surface area contributed by atoms with Crippen LogP contribution in [-0.4, -0.2) is 51.1 Å². The van der Waals surface area contributed by atoms with Crippen LogP contribution in [0.25, 0.3) is 0 Å². The van der Waals surface area contributed by atoms with Gasteiger partial charge in [0.1, 0.15) is 12.4 Å². The average Bonchev–Trinajstić information content (AvgIpc) is 3.04. The lowest BCUT2D eigenvalue weighted by Crippen LogP contribution is -2.30. The fraction of sp³-hybridized carbons (Fsp3) is 0.353. The summed E-state index contributed by atoms with van der Waals surface area (Å²) >= 11 is 1.51. The largest absolute Gasteiger partial charge is 0.490 e. The van der Waals surface area contributed by atoms with Gasteiger partial charge in [0.05, 0.1) is 22.1 Å². The zero-order chi connectivity index (χ0) is 16.2. The van der Waals surface area contributed by atoms with Gasteiger partial charge in [0, 0.05) is 13.1 Å². The van der Waals surface area contributed by atoms with Gasteiger partial charge in [-0.2, -0.15) is 0 Å². The number of carbonyl (C=O) groups excluding carboxylic acids is 1. The zero-order valence-electron chi connectivity index (χ0n) is 13.4. The minimum Gasteiger partial charge on any atom is -0.490 e. The fourth-order valence-electron chi connectivity index (χ4n) is 2.47. The SMILES string of the molecule is CN(C)CCNC(=O)c1ccc(N2CCOc3ccccc32)s1. The van der Waals surface area contributed by atoms with Crippen molar-refractivity contribution >= 4 is 27.9 Å². The van der Waals surface area contributed by atoms with Crippen molar-refractivity contribution in [1.29, 1.82) is 0 Å². The fourth-order valence-corrected chi connectivity index (χ4v) is 3.44. The van der Waals surface area contributed by atoms with E-state index in [2.05, 4.69) is 10.2 Å². The van der Waals surface area contributed by atoms with Gasteiger partial charge in [-0.3, -0.25) is 4.79 Å². The molecule has 0 spiro atoms. The summed E-state index contributed by atoms with van der Waals surface area (Å²) in [6.45, 7) is 2.93. The van der Waals surface area contributed by atoms with Gasteiger partial charge in [-0.25, -0.2) is 0 Å². The van der Waals surface area contributed by atoms with Gasteiger partial charge in [-0.05, 0) is 38.4 Å². The van der Waals surface area contributed by atoms with Gasteiger partial charge < -0.3 is 19.9 Å². The predicted molar refractivity (Wildman–Crippen MR) is 94.1 cm³/mol. The molecular weight excluding hydrogens is 310 g/mol. The molecule has 0 saturated heterocycles. The number of rotatable bonds is 5. The van der Waals surface area contributed by atoms with Gasteiger partial charge in [-0.1, -0.05) is 12.1 Å². The number of thiophene rings is 1. The maximum Gasteiger partial charge on any atom is 0.261 e. The van der Waals surface area contributed by atoms with Crippen LogP contribution in [0, 0.1) is 0 Å². The number of nitrogens with zero attached hydrogens (tertiary/aromatic N) is 2. The van der Waals surface area contributed by atoms with E-state index in [0.29, 0.717) is 13.2 Å². The predicted octanol–water partition coefficient (Wildman–Crippen LogP) is 2.57. The Balaban J connectivity index is 1.71. The number of carbonyl (C=O) groups is 1. The van der Waals surface area contributed by atoms with Crippen LogP contribution in [0.4, 0.5) is 10.7 Å². The Morgan fingerprint density at radius 3 is 2.96 bits per heavy atom. The number of likely N-dealkylation sites (N-methyl/N-ethyl adjacent to an activating group) is 1. The molecule has 1 aromatic heterocycles. The maximum absolute atomic E-state index is 12.2. The first-order chi connectivity index (χ1) is 11.1. The number of benzene rings is 1. The quantitative estimate of drug-likeness (QED) is 0.915. The molecule has 0 atom stereocenters. The smallest absolute Gasteiger partial charge is 0.261 e. The molecule has 1 aliphatic heterocycles. The van der Waals surface area contributed by atoms with Gasteiger partial charge in [0.15, 0.2) is 0 Å². The second-order valence-electron chi connectivity index (χ2n) is 5.66. The summed E-state index contributed by atoms with van der Waals surface area (Å²) in [6.07, 6.45) is 0. The van der Waals surface area contributed by atoms with E-state index in [0.717, 1.165) is 34.4 Å². The molecule has 0 fully saturated rings.